The van der Waals surface area contributed by atoms with Gasteiger partial charge in [0.2, 0.25) is 17.8 Å². The van der Waals surface area contributed by atoms with E-state index in [1.807, 2.05) is 19.1 Å². The molecule has 0 radical (unpaired) electrons. The van der Waals surface area contributed by atoms with Gasteiger partial charge in [0, 0.05) is 56.6 Å². The van der Waals surface area contributed by atoms with E-state index in [1.54, 1.807) is 59.8 Å². The number of carbonyl (C=O) groups excluding carboxylic acids is 4. The van der Waals surface area contributed by atoms with Crippen molar-refractivity contribution in [2.75, 3.05) is 44.5 Å². The molecule has 2 aromatic carbocycles. The number of anilines is 2. The molecule has 0 aliphatic rings. The molecule has 0 aliphatic carbocycles. The zero-order valence-corrected chi connectivity index (χ0v) is 33.4. The summed E-state index contributed by atoms with van der Waals surface area (Å²) in [6.45, 7) is 9.07. The van der Waals surface area contributed by atoms with Crippen LogP contribution >= 0.6 is 0 Å². The number of allylic oxidation sites excluding steroid dienone is 3. The van der Waals surface area contributed by atoms with Crippen molar-refractivity contribution in [1.29, 1.82) is 0 Å². The van der Waals surface area contributed by atoms with Crippen LogP contribution in [0.25, 0.3) is 22.1 Å². The van der Waals surface area contributed by atoms with Gasteiger partial charge in [-0.05, 0) is 70.5 Å². The Bertz CT molecular complexity index is 2430. The molecular weight excluding hydrogens is 747 g/mol. The molecule has 19 heteroatoms. The molecule has 0 fully saturated rings. The van der Waals surface area contributed by atoms with Gasteiger partial charge < -0.3 is 30.1 Å². The lowest BCUT2D eigenvalue weighted by Crippen LogP contribution is -2.27. The smallest absolute Gasteiger partial charge is 0.276 e. The van der Waals surface area contributed by atoms with Gasteiger partial charge in [0.1, 0.15) is 40.2 Å². The normalized spacial score (nSPS) is 12.2. The zero-order valence-electron chi connectivity index (χ0n) is 33.4. The predicted molar refractivity (Wildman–Crippen MR) is 221 cm³/mol. The molecule has 5 rings (SSSR count). The molecule has 8 N–H and O–H groups in total. The molecule has 5 aromatic rings. The van der Waals surface area contributed by atoms with Gasteiger partial charge in [0.15, 0.2) is 0 Å². The van der Waals surface area contributed by atoms with Crippen molar-refractivity contribution < 1.29 is 28.7 Å². The van der Waals surface area contributed by atoms with E-state index in [1.165, 1.54) is 30.3 Å². The zero-order chi connectivity index (χ0) is 42.1. The number of rotatable bonds is 19. The van der Waals surface area contributed by atoms with Crippen LogP contribution in [0.4, 0.5) is 11.9 Å². The number of aromatic nitrogens is 6. The van der Waals surface area contributed by atoms with E-state index >= 15 is 0 Å². The molecule has 0 unspecified atom stereocenters. The number of hydrogen-bond acceptors (Lipinski definition) is 13. The monoisotopic (exact) mass is 795 g/mol. The summed E-state index contributed by atoms with van der Waals surface area (Å²) in [5.41, 5.74) is 15.4. The lowest BCUT2D eigenvalue weighted by molar-refractivity contribution is -0.110. The number of aliphatic imine (C=N–C) groups is 1. The number of benzene rings is 2. The number of methoxy groups -OCH3 is 1. The lowest BCUT2D eigenvalue weighted by atomic mass is 10.1. The highest BCUT2D eigenvalue weighted by molar-refractivity contribution is 6.47. The number of fused-ring (bicyclic) bond motifs is 2. The Labute approximate surface area is 334 Å². The van der Waals surface area contributed by atoms with Crippen molar-refractivity contribution in [1.82, 2.24) is 33.9 Å². The summed E-state index contributed by atoms with van der Waals surface area (Å²) >= 11 is 0. The molecule has 0 atom stereocenters. The maximum absolute atomic E-state index is 13.6. The number of carbonyl (C=O) groups is 4. The van der Waals surface area contributed by atoms with Gasteiger partial charge in [-0.2, -0.15) is 5.10 Å². The van der Waals surface area contributed by atoms with E-state index < -0.39 is 17.7 Å². The number of imidazole rings is 2. The molecule has 3 aromatic heterocycles. The lowest BCUT2D eigenvalue weighted by Gasteiger charge is -2.14. The second-order valence-electron chi connectivity index (χ2n) is 13.3. The van der Waals surface area contributed by atoms with E-state index in [9.17, 15) is 19.2 Å². The third-order valence-electron chi connectivity index (χ3n) is 8.74. The molecule has 0 spiro atoms. The summed E-state index contributed by atoms with van der Waals surface area (Å²) < 4.78 is 16.9. The topological polar surface area (TPSA) is 258 Å². The van der Waals surface area contributed by atoms with E-state index in [0.29, 0.717) is 88.6 Å². The molecule has 0 bridgehead atoms. The first-order valence-electron chi connectivity index (χ1n) is 18.5. The van der Waals surface area contributed by atoms with Crippen LogP contribution in [0.15, 0.2) is 59.2 Å². The molecule has 19 nitrogen and oxygen atoms in total. The van der Waals surface area contributed by atoms with Gasteiger partial charge in [-0.3, -0.25) is 50.3 Å². The number of amides is 3. The van der Waals surface area contributed by atoms with Crippen LogP contribution in [0, 0.1) is 6.92 Å². The Morgan fingerprint density at radius 1 is 0.948 bits per heavy atom. The minimum atomic E-state index is -0.685. The number of nitrogens with zero attached hydrogens (tertiary/aromatic N) is 8. The fraction of sp³-hybridized carbons (Fsp3) is 0.333. The fourth-order valence-corrected chi connectivity index (χ4v) is 6.23. The summed E-state index contributed by atoms with van der Waals surface area (Å²) in [4.78, 5) is 65.0. The number of hydrogen-bond donors (Lipinski definition) is 5. The van der Waals surface area contributed by atoms with Crippen molar-refractivity contribution >= 4 is 63.7 Å². The molecule has 58 heavy (non-hydrogen) atoms. The number of nitrogens with one attached hydrogen (secondary N) is 2. The van der Waals surface area contributed by atoms with Gasteiger partial charge in [0.25, 0.3) is 11.8 Å². The average Bonchev–Trinajstić information content (AvgIpc) is 3.85. The first-order valence-corrected chi connectivity index (χ1v) is 18.5. The van der Waals surface area contributed by atoms with Crippen molar-refractivity contribution in [2.45, 2.75) is 53.8 Å². The first kappa shape index (κ1) is 42.3. The molecule has 0 saturated heterocycles. The first-order chi connectivity index (χ1) is 27.8. The second kappa shape index (κ2) is 18.9. The summed E-state index contributed by atoms with van der Waals surface area (Å²) in [6.07, 6.45) is 6.40. The fourth-order valence-electron chi connectivity index (χ4n) is 6.23. The Hall–Kier alpha value is -6.86. The summed E-state index contributed by atoms with van der Waals surface area (Å²) in [7, 11) is 3.22. The number of primary amides is 1. The van der Waals surface area contributed by atoms with E-state index in [4.69, 9.17) is 31.8 Å². The molecule has 3 heterocycles. The third kappa shape index (κ3) is 9.74. The van der Waals surface area contributed by atoms with Crippen LogP contribution in [-0.4, -0.2) is 97.5 Å². The third-order valence-corrected chi connectivity index (χ3v) is 8.74. The predicted octanol–water partition coefficient (Wildman–Crippen LogP) is 3.18. The van der Waals surface area contributed by atoms with Crippen LogP contribution in [0.3, 0.4) is 0 Å². The summed E-state index contributed by atoms with van der Waals surface area (Å²) in [6, 6.07) is 7.95. The SMILES string of the molecule is CCN=C(/C=C(/C)N)C(=O)Nc1nc2cc(C(N)=O)cc(OCCCN(C)N)c2n1C/C=C/Cn1c(NC(=O)c2cc(C)nn2CC)nc2cc(C=O)cc(OC)c21. The van der Waals surface area contributed by atoms with Gasteiger partial charge in [0.05, 0.1) is 30.4 Å². The molecular formula is C39H49N13O6. The number of aryl methyl sites for hydroxylation is 2. The Balaban J connectivity index is 1.58. The van der Waals surface area contributed by atoms with Gasteiger partial charge >= 0.3 is 0 Å². The molecule has 3 amide bonds. The minimum absolute atomic E-state index is 0.0993. The van der Waals surface area contributed by atoms with E-state index in [2.05, 4.69) is 25.7 Å². The van der Waals surface area contributed by atoms with Gasteiger partial charge in [-0.1, -0.05) is 12.2 Å². The van der Waals surface area contributed by atoms with Gasteiger partial charge in [-0.25, -0.2) is 9.97 Å². The van der Waals surface area contributed by atoms with Crippen molar-refractivity contribution in [3.8, 4) is 11.5 Å². The van der Waals surface area contributed by atoms with Gasteiger partial charge in [-0.15, -0.1) is 0 Å². The average molecular weight is 796 g/mol. The summed E-state index contributed by atoms with van der Waals surface area (Å²) in [5, 5.41) is 11.7. The second-order valence-corrected chi connectivity index (χ2v) is 13.3. The van der Waals surface area contributed by atoms with Crippen LogP contribution in [0.2, 0.25) is 0 Å². The minimum Gasteiger partial charge on any atom is -0.494 e. The molecule has 0 saturated carbocycles. The molecule has 306 valence electrons. The van der Waals surface area contributed by atoms with E-state index in [-0.39, 0.29) is 42.9 Å². The highest BCUT2D eigenvalue weighted by Gasteiger charge is 2.23. The van der Waals surface area contributed by atoms with Crippen LogP contribution in [0.5, 0.6) is 11.5 Å². The van der Waals surface area contributed by atoms with E-state index in [0.717, 1.165) is 0 Å². The number of nitrogens with two attached hydrogens (primary N) is 3. The maximum Gasteiger partial charge on any atom is 0.276 e. The number of hydrazine groups is 1. The quantitative estimate of drug-likeness (QED) is 0.0202. The van der Waals surface area contributed by atoms with Crippen LogP contribution in [-0.2, 0) is 24.4 Å². The van der Waals surface area contributed by atoms with Crippen LogP contribution < -0.4 is 37.4 Å². The Kier molecular flexibility index (Phi) is 13.7. The standard InChI is InChI=1S/C39H49N13O6/c1-7-43-29(16-23(3)40)36(55)46-38-45-28-20-26(35(41)54)21-32(58-15-11-12-49(5)42)34(28)51(38)14-10-9-13-50-33-27(18-25(22-53)19-31(33)57-6)44-39(50)47-37(56)30-17-24(4)48-52(30)8-2/h9-10,16-22H,7-8,11-15,40,42H2,1-6H3,(H2,41,54)(H,44,47,56)(H,45,46,55)/b10-9+,23-16-,43-29?. The highest BCUT2D eigenvalue weighted by Crippen LogP contribution is 2.33. The van der Waals surface area contributed by atoms with Crippen molar-refractivity contribution in [3.05, 3.63) is 76.8 Å². The number of ether oxygens (including phenoxy) is 2. The largest absolute Gasteiger partial charge is 0.494 e. The molecule has 0 aliphatic heterocycles. The summed E-state index contributed by atoms with van der Waals surface area (Å²) in [5.74, 6) is 5.17. The highest BCUT2D eigenvalue weighted by atomic mass is 16.5. The Morgan fingerprint density at radius 2 is 1.60 bits per heavy atom. The number of aldehydes is 1. The Morgan fingerprint density at radius 3 is 2.19 bits per heavy atom. The van der Waals surface area contributed by atoms with Crippen molar-refractivity contribution in [2.24, 2.45) is 22.3 Å². The maximum atomic E-state index is 13.6. The van der Waals surface area contributed by atoms with Crippen LogP contribution in [0.1, 0.15) is 64.1 Å². The van der Waals surface area contributed by atoms with Crippen molar-refractivity contribution in [3.63, 3.8) is 0 Å².